The summed E-state index contributed by atoms with van der Waals surface area (Å²) in [4.78, 5) is 17.9. The predicted molar refractivity (Wildman–Crippen MR) is 149 cm³/mol. The molecule has 2 N–H and O–H groups in total. The van der Waals surface area contributed by atoms with E-state index in [2.05, 4.69) is 20.7 Å². The number of carbonyl (C=O) groups excluding carboxylic acids is 1. The van der Waals surface area contributed by atoms with Gasteiger partial charge in [0.05, 0.1) is 11.1 Å². The van der Waals surface area contributed by atoms with Gasteiger partial charge >= 0.3 is 0 Å². The van der Waals surface area contributed by atoms with Gasteiger partial charge in [0.25, 0.3) is 0 Å². The van der Waals surface area contributed by atoms with Crippen LogP contribution in [0.4, 0.5) is 11.5 Å². The van der Waals surface area contributed by atoms with Gasteiger partial charge in [-0.15, -0.1) is 0 Å². The number of carbonyl (C=O) groups is 1. The van der Waals surface area contributed by atoms with Gasteiger partial charge in [-0.1, -0.05) is 72.3 Å². The molecular formula is C29H23BClN5O. The van der Waals surface area contributed by atoms with Crippen LogP contribution in [0.3, 0.4) is 0 Å². The van der Waals surface area contributed by atoms with Crippen molar-refractivity contribution >= 4 is 48.0 Å². The van der Waals surface area contributed by atoms with E-state index in [9.17, 15) is 4.79 Å². The summed E-state index contributed by atoms with van der Waals surface area (Å²) in [5.41, 5.74) is 4.97. The van der Waals surface area contributed by atoms with Crippen LogP contribution in [0.5, 0.6) is 0 Å². The van der Waals surface area contributed by atoms with Gasteiger partial charge in [-0.2, -0.15) is 9.61 Å². The number of nitrogens with one attached hydrogen (secondary N) is 2. The lowest BCUT2D eigenvalue weighted by molar-refractivity contribution is -0.118. The van der Waals surface area contributed by atoms with Crippen molar-refractivity contribution < 1.29 is 4.79 Å². The number of hydrogen-bond donors (Lipinski definition) is 2. The molecule has 8 heteroatoms. The summed E-state index contributed by atoms with van der Waals surface area (Å²) in [5, 5.41) is 11.6. The van der Waals surface area contributed by atoms with Crippen LogP contribution in [0.2, 0.25) is 5.02 Å². The van der Waals surface area contributed by atoms with Crippen molar-refractivity contribution in [3.05, 3.63) is 107 Å². The molecule has 1 saturated carbocycles. The Kier molecular flexibility index (Phi) is 5.93. The van der Waals surface area contributed by atoms with Gasteiger partial charge in [-0.3, -0.25) is 4.79 Å². The SMILES string of the molecule is [B]c1cnn2c(NCc3cccc(NC(=O)C4(c5ccccc5)CC4)c3)cc(-c3ccccc3Cl)nc12. The predicted octanol–water partition coefficient (Wildman–Crippen LogP) is 5.13. The van der Waals surface area contributed by atoms with E-state index in [0.717, 1.165) is 41.0 Å². The number of rotatable bonds is 7. The van der Waals surface area contributed by atoms with Gasteiger partial charge in [-0.05, 0) is 47.6 Å². The van der Waals surface area contributed by atoms with Crippen molar-refractivity contribution in [2.45, 2.75) is 24.8 Å². The molecule has 1 aliphatic rings. The number of aromatic nitrogens is 3. The van der Waals surface area contributed by atoms with E-state index in [1.165, 1.54) is 0 Å². The Morgan fingerprint density at radius 3 is 2.57 bits per heavy atom. The lowest BCUT2D eigenvalue weighted by Crippen LogP contribution is -2.27. The fourth-order valence-electron chi connectivity index (χ4n) is 4.64. The van der Waals surface area contributed by atoms with Crippen LogP contribution in [-0.4, -0.2) is 28.4 Å². The minimum Gasteiger partial charge on any atom is -0.366 e. The Morgan fingerprint density at radius 2 is 1.78 bits per heavy atom. The van der Waals surface area contributed by atoms with Gasteiger partial charge in [-0.25, -0.2) is 4.98 Å². The van der Waals surface area contributed by atoms with Crippen LogP contribution < -0.4 is 16.1 Å². The fraction of sp³-hybridized carbons (Fsp3) is 0.138. The lowest BCUT2D eigenvalue weighted by atomic mass is 9.95. The first-order chi connectivity index (χ1) is 18.0. The summed E-state index contributed by atoms with van der Waals surface area (Å²) >= 11 is 6.43. The highest BCUT2D eigenvalue weighted by molar-refractivity contribution is 6.36. The monoisotopic (exact) mass is 503 g/mol. The van der Waals surface area contributed by atoms with E-state index in [1.807, 2.05) is 84.9 Å². The molecule has 0 saturated heterocycles. The van der Waals surface area contributed by atoms with Crippen molar-refractivity contribution in [3.8, 4) is 11.3 Å². The second-order valence-electron chi connectivity index (χ2n) is 9.30. The van der Waals surface area contributed by atoms with Crippen molar-refractivity contribution in [2.24, 2.45) is 0 Å². The molecular weight excluding hydrogens is 481 g/mol. The standard InChI is InChI=1S/C29H23BClN5O/c30-23-18-33-36-26(16-25(35-27(23)36)22-11-4-5-12-24(22)31)32-17-19-7-6-10-21(15-19)34-28(37)29(13-14-29)20-8-2-1-3-9-20/h1-12,15-16,18,32H,13-14,17H2,(H,34,37). The highest BCUT2D eigenvalue weighted by atomic mass is 35.5. The van der Waals surface area contributed by atoms with Crippen molar-refractivity contribution in [1.29, 1.82) is 0 Å². The third-order valence-electron chi connectivity index (χ3n) is 6.82. The number of fused-ring (bicyclic) bond motifs is 1. The lowest BCUT2D eigenvalue weighted by Gasteiger charge is -2.16. The number of hydrogen-bond acceptors (Lipinski definition) is 4. The van der Waals surface area contributed by atoms with E-state index in [0.29, 0.717) is 28.4 Å². The Balaban J connectivity index is 1.23. The quantitative estimate of drug-likeness (QED) is 0.302. The smallest absolute Gasteiger partial charge is 0.235 e. The van der Waals surface area contributed by atoms with Gasteiger partial charge in [0.2, 0.25) is 5.91 Å². The molecule has 3 aromatic carbocycles. The second kappa shape index (κ2) is 9.41. The van der Waals surface area contributed by atoms with Crippen molar-refractivity contribution in [2.75, 3.05) is 10.6 Å². The Bertz CT molecular complexity index is 1610. The molecule has 2 radical (unpaired) electrons. The zero-order valence-electron chi connectivity index (χ0n) is 20.0. The number of benzene rings is 3. The topological polar surface area (TPSA) is 71.3 Å². The van der Waals surface area contributed by atoms with Gasteiger partial charge in [0.15, 0.2) is 5.65 Å². The summed E-state index contributed by atoms with van der Waals surface area (Å²) in [6, 6.07) is 27.3. The molecule has 0 unspecified atom stereocenters. The molecule has 0 atom stereocenters. The highest BCUT2D eigenvalue weighted by Gasteiger charge is 2.51. The zero-order valence-corrected chi connectivity index (χ0v) is 20.7. The van der Waals surface area contributed by atoms with Gasteiger partial charge in [0.1, 0.15) is 13.7 Å². The normalized spacial score (nSPS) is 13.9. The minimum absolute atomic E-state index is 0.0380. The maximum Gasteiger partial charge on any atom is 0.235 e. The largest absolute Gasteiger partial charge is 0.366 e. The molecule has 180 valence electrons. The summed E-state index contributed by atoms with van der Waals surface area (Å²) in [7, 11) is 6.14. The molecule has 37 heavy (non-hydrogen) atoms. The average Bonchev–Trinajstić information content (AvgIpc) is 3.66. The number of nitrogens with zero attached hydrogens (tertiary/aromatic N) is 3. The first kappa shape index (κ1) is 23.3. The number of halogens is 1. The van der Waals surface area contributed by atoms with Crippen LogP contribution in [0, 0.1) is 0 Å². The zero-order chi connectivity index (χ0) is 25.4. The van der Waals surface area contributed by atoms with E-state index in [1.54, 1.807) is 10.7 Å². The number of amides is 1. The highest BCUT2D eigenvalue weighted by Crippen LogP contribution is 2.48. The molecule has 6 rings (SSSR count). The van der Waals surface area contributed by atoms with Crippen molar-refractivity contribution in [3.63, 3.8) is 0 Å². The number of anilines is 2. The summed E-state index contributed by atoms with van der Waals surface area (Å²) in [6.07, 6.45) is 3.31. The van der Waals surface area contributed by atoms with E-state index < -0.39 is 5.41 Å². The van der Waals surface area contributed by atoms with Crippen LogP contribution in [-0.2, 0) is 16.8 Å². The molecule has 0 bridgehead atoms. The third-order valence-corrected chi connectivity index (χ3v) is 7.15. The molecule has 2 aromatic heterocycles. The molecule has 0 aliphatic heterocycles. The first-order valence-corrected chi connectivity index (χ1v) is 12.5. The Labute approximate surface area is 221 Å². The van der Waals surface area contributed by atoms with Crippen molar-refractivity contribution in [1.82, 2.24) is 14.6 Å². The van der Waals surface area contributed by atoms with Crippen LogP contribution in [0.1, 0.15) is 24.0 Å². The van der Waals surface area contributed by atoms with E-state index in [4.69, 9.17) is 19.4 Å². The minimum atomic E-state index is -0.423. The van der Waals surface area contributed by atoms with E-state index in [-0.39, 0.29) is 5.91 Å². The fourth-order valence-corrected chi connectivity index (χ4v) is 4.88. The molecule has 6 nitrogen and oxygen atoms in total. The van der Waals surface area contributed by atoms with Gasteiger partial charge in [0, 0.05) is 35.1 Å². The molecule has 1 amide bonds. The van der Waals surface area contributed by atoms with E-state index >= 15 is 0 Å². The van der Waals surface area contributed by atoms with Crippen LogP contribution in [0.25, 0.3) is 16.9 Å². The molecule has 1 aliphatic carbocycles. The maximum atomic E-state index is 13.2. The molecule has 0 spiro atoms. The van der Waals surface area contributed by atoms with Gasteiger partial charge < -0.3 is 10.6 Å². The molecule has 5 aromatic rings. The maximum absolute atomic E-state index is 13.2. The molecule has 1 fully saturated rings. The first-order valence-electron chi connectivity index (χ1n) is 12.1. The Hall–Kier alpha value is -4.10. The summed E-state index contributed by atoms with van der Waals surface area (Å²) in [6.45, 7) is 0.508. The Morgan fingerprint density at radius 1 is 1.00 bits per heavy atom. The second-order valence-corrected chi connectivity index (χ2v) is 9.71. The molecule has 2 heterocycles. The van der Waals surface area contributed by atoms with Crippen LogP contribution >= 0.6 is 11.6 Å². The summed E-state index contributed by atoms with van der Waals surface area (Å²) < 4.78 is 1.68. The third kappa shape index (κ3) is 4.47. The average molecular weight is 504 g/mol. The summed E-state index contributed by atoms with van der Waals surface area (Å²) in [5.74, 6) is 0.767. The van der Waals surface area contributed by atoms with Crippen LogP contribution in [0.15, 0.2) is 91.1 Å².